The highest BCUT2D eigenvalue weighted by Crippen LogP contribution is 2.41. The highest BCUT2D eigenvalue weighted by Gasteiger charge is 2.35. The number of hydrogen-bond donors (Lipinski definition) is 2. The van der Waals surface area contributed by atoms with Crippen molar-refractivity contribution < 1.29 is 12.8 Å². The van der Waals surface area contributed by atoms with Crippen molar-refractivity contribution in [3.63, 3.8) is 0 Å². The van der Waals surface area contributed by atoms with Crippen LogP contribution in [-0.2, 0) is 15.3 Å². The second-order valence-electron chi connectivity index (χ2n) is 7.65. The Kier molecular flexibility index (Phi) is 10.2. The number of nitrogens with zero attached hydrogens (tertiary/aromatic N) is 1. The molecule has 2 rings (SSSR count). The van der Waals surface area contributed by atoms with Crippen molar-refractivity contribution in [3.05, 3.63) is 35.6 Å². The third-order valence-corrected chi connectivity index (χ3v) is 6.18. The zero-order valence-corrected chi connectivity index (χ0v) is 20.1. The minimum Gasteiger partial charge on any atom is -0.357 e. The Bertz CT molecular complexity index is 732. The van der Waals surface area contributed by atoms with Crippen molar-refractivity contribution in [1.29, 1.82) is 0 Å². The number of rotatable bonds is 8. The number of halogens is 2. The van der Waals surface area contributed by atoms with E-state index in [0.717, 1.165) is 37.8 Å². The summed E-state index contributed by atoms with van der Waals surface area (Å²) in [5.74, 6) is 0.636. The molecule has 1 aliphatic carbocycles. The maximum atomic E-state index is 13.3. The predicted octanol–water partition coefficient (Wildman–Crippen LogP) is 3.63. The van der Waals surface area contributed by atoms with Gasteiger partial charge in [-0.25, -0.2) is 12.8 Å². The van der Waals surface area contributed by atoms with Gasteiger partial charge < -0.3 is 10.6 Å². The molecule has 28 heavy (non-hydrogen) atoms. The standard InChI is InChI=1S/C20H32FN3O2S.HI/c1-4-22-19(24-16(2)11-14-27(3,25)26)23-15-20(12-5-6-13-20)17-7-9-18(21)10-8-17;/h7-10,16H,4-6,11-15H2,1-3H3,(H2,22,23,24);1H. The molecule has 1 unspecified atom stereocenters. The number of nitrogens with one attached hydrogen (secondary N) is 2. The van der Waals surface area contributed by atoms with Crippen molar-refractivity contribution in [1.82, 2.24) is 10.6 Å². The van der Waals surface area contributed by atoms with Crippen LogP contribution in [0.4, 0.5) is 4.39 Å². The zero-order valence-electron chi connectivity index (χ0n) is 17.0. The molecular formula is C20H33FIN3O2S. The van der Waals surface area contributed by atoms with Crippen molar-refractivity contribution in [2.75, 3.05) is 25.1 Å². The van der Waals surface area contributed by atoms with Gasteiger partial charge in [-0.1, -0.05) is 25.0 Å². The smallest absolute Gasteiger partial charge is 0.191 e. The van der Waals surface area contributed by atoms with Gasteiger partial charge in [0.1, 0.15) is 15.7 Å². The molecule has 0 aliphatic heterocycles. The van der Waals surface area contributed by atoms with Crippen LogP contribution in [0.5, 0.6) is 0 Å². The van der Waals surface area contributed by atoms with E-state index in [2.05, 4.69) is 10.6 Å². The summed E-state index contributed by atoms with van der Waals surface area (Å²) in [5, 5.41) is 6.55. The van der Waals surface area contributed by atoms with Gasteiger partial charge in [-0.15, -0.1) is 24.0 Å². The lowest BCUT2D eigenvalue weighted by atomic mass is 9.79. The van der Waals surface area contributed by atoms with Crippen LogP contribution in [-0.4, -0.2) is 45.5 Å². The molecule has 0 heterocycles. The Morgan fingerprint density at radius 1 is 1.25 bits per heavy atom. The lowest BCUT2D eigenvalue weighted by Gasteiger charge is -2.28. The molecule has 1 fully saturated rings. The van der Waals surface area contributed by atoms with Crippen LogP contribution in [0.1, 0.15) is 51.5 Å². The monoisotopic (exact) mass is 525 g/mol. The van der Waals surface area contributed by atoms with Gasteiger partial charge >= 0.3 is 0 Å². The fourth-order valence-electron chi connectivity index (χ4n) is 3.64. The molecule has 0 saturated heterocycles. The SMILES string of the molecule is CCNC(=NCC1(c2ccc(F)cc2)CCCC1)NC(C)CCS(C)(=O)=O.I. The maximum absolute atomic E-state index is 13.3. The van der Waals surface area contributed by atoms with Crippen LogP contribution in [0.15, 0.2) is 29.3 Å². The molecule has 0 bridgehead atoms. The Morgan fingerprint density at radius 2 is 1.86 bits per heavy atom. The summed E-state index contributed by atoms with van der Waals surface area (Å²) in [7, 11) is -2.97. The average Bonchev–Trinajstić information content (AvgIpc) is 3.08. The summed E-state index contributed by atoms with van der Waals surface area (Å²) in [5.41, 5.74) is 1.10. The molecule has 0 aromatic heterocycles. The van der Waals surface area contributed by atoms with Crippen LogP contribution in [0.2, 0.25) is 0 Å². The minimum atomic E-state index is -2.97. The summed E-state index contributed by atoms with van der Waals surface area (Å²) < 4.78 is 36.1. The third kappa shape index (κ3) is 7.85. The molecule has 1 aromatic rings. The lowest BCUT2D eigenvalue weighted by Crippen LogP contribution is -2.43. The summed E-state index contributed by atoms with van der Waals surface area (Å²) in [6.07, 6.45) is 6.19. The Labute approximate surface area is 185 Å². The third-order valence-electron chi connectivity index (χ3n) is 5.21. The topological polar surface area (TPSA) is 70.6 Å². The highest BCUT2D eigenvalue weighted by molar-refractivity contribution is 14.0. The average molecular weight is 525 g/mol. The first-order valence-corrected chi connectivity index (χ1v) is 11.8. The summed E-state index contributed by atoms with van der Waals surface area (Å²) >= 11 is 0. The van der Waals surface area contributed by atoms with E-state index in [1.807, 2.05) is 26.0 Å². The normalized spacial score (nSPS) is 17.6. The van der Waals surface area contributed by atoms with E-state index in [1.165, 1.54) is 18.4 Å². The molecule has 0 radical (unpaired) electrons. The van der Waals surface area contributed by atoms with Gasteiger partial charge in [0, 0.05) is 24.3 Å². The molecule has 160 valence electrons. The highest BCUT2D eigenvalue weighted by atomic mass is 127. The van der Waals surface area contributed by atoms with E-state index in [1.54, 1.807) is 0 Å². The van der Waals surface area contributed by atoms with Crippen LogP contribution < -0.4 is 10.6 Å². The molecule has 0 spiro atoms. The van der Waals surface area contributed by atoms with Crippen LogP contribution >= 0.6 is 24.0 Å². The van der Waals surface area contributed by atoms with Gasteiger partial charge in [0.2, 0.25) is 0 Å². The molecule has 5 nitrogen and oxygen atoms in total. The van der Waals surface area contributed by atoms with E-state index in [-0.39, 0.29) is 47.0 Å². The fourth-order valence-corrected chi connectivity index (χ4v) is 4.42. The van der Waals surface area contributed by atoms with Crippen molar-refractivity contribution in [3.8, 4) is 0 Å². The van der Waals surface area contributed by atoms with E-state index in [9.17, 15) is 12.8 Å². The molecule has 1 aliphatic rings. The quantitative estimate of drug-likeness (QED) is 0.309. The first-order chi connectivity index (χ1) is 12.7. The van der Waals surface area contributed by atoms with Crippen LogP contribution in [0, 0.1) is 5.82 Å². The van der Waals surface area contributed by atoms with Gasteiger partial charge in [-0.3, -0.25) is 4.99 Å². The Morgan fingerprint density at radius 3 is 2.39 bits per heavy atom. The molecular weight excluding hydrogens is 492 g/mol. The predicted molar refractivity (Wildman–Crippen MR) is 125 cm³/mol. The van der Waals surface area contributed by atoms with Gasteiger partial charge in [-0.2, -0.15) is 0 Å². The fraction of sp³-hybridized carbons (Fsp3) is 0.650. The molecule has 1 aromatic carbocycles. The largest absolute Gasteiger partial charge is 0.357 e. The van der Waals surface area contributed by atoms with Crippen LogP contribution in [0.3, 0.4) is 0 Å². The van der Waals surface area contributed by atoms with Crippen molar-refractivity contribution >= 4 is 39.8 Å². The molecule has 1 saturated carbocycles. The second kappa shape index (κ2) is 11.3. The first kappa shape index (κ1) is 25.1. The molecule has 2 N–H and O–H groups in total. The van der Waals surface area contributed by atoms with Gasteiger partial charge in [-0.05, 0) is 50.8 Å². The van der Waals surface area contributed by atoms with E-state index in [0.29, 0.717) is 18.9 Å². The van der Waals surface area contributed by atoms with Crippen molar-refractivity contribution in [2.24, 2.45) is 4.99 Å². The number of aliphatic imine (C=N–C) groups is 1. The number of sulfone groups is 1. The molecule has 0 amide bonds. The maximum Gasteiger partial charge on any atom is 0.191 e. The zero-order chi connectivity index (χ0) is 19.9. The molecule has 8 heteroatoms. The number of guanidine groups is 1. The summed E-state index contributed by atoms with van der Waals surface area (Å²) in [6, 6.07) is 6.81. The summed E-state index contributed by atoms with van der Waals surface area (Å²) in [4.78, 5) is 4.80. The summed E-state index contributed by atoms with van der Waals surface area (Å²) in [6.45, 7) is 5.33. The van der Waals surface area contributed by atoms with E-state index < -0.39 is 9.84 Å². The van der Waals surface area contributed by atoms with Gasteiger partial charge in [0.05, 0.1) is 12.3 Å². The first-order valence-electron chi connectivity index (χ1n) is 9.73. The van der Waals surface area contributed by atoms with Crippen LogP contribution in [0.25, 0.3) is 0 Å². The van der Waals surface area contributed by atoms with E-state index >= 15 is 0 Å². The molecule has 1 atom stereocenters. The van der Waals surface area contributed by atoms with E-state index in [4.69, 9.17) is 4.99 Å². The number of hydrogen-bond acceptors (Lipinski definition) is 3. The Hall–Kier alpha value is -0.900. The minimum absolute atomic E-state index is 0. The second-order valence-corrected chi connectivity index (χ2v) is 9.91. The lowest BCUT2D eigenvalue weighted by molar-refractivity contribution is 0.450. The van der Waals surface area contributed by atoms with Gasteiger partial charge in [0.15, 0.2) is 5.96 Å². The van der Waals surface area contributed by atoms with Gasteiger partial charge in [0.25, 0.3) is 0 Å². The van der Waals surface area contributed by atoms with Crippen molar-refractivity contribution in [2.45, 2.75) is 57.4 Å². The Balaban J connectivity index is 0.00000392. The number of benzene rings is 1.